The summed E-state index contributed by atoms with van der Waals surface area (Å²) in [6.07, 6.45) is 3.23. The molecule has 1 rings (SSSR count). The van der Waals surface area contributed by atoms with E-state index in [1.165, 1.54) is 0 Å². The number of halogens is 2. The van der Waals surface area contributed by atoms with Crippen LogP contribution in [0.3, 0.4) is 0 Å². The molecule has 0 unspecified atom stereocenters. The standard InChI is InChI=1S/C5H3I2NO/c6-3-1-8-2-4(7)5(3)9/h1-3H/t3-/m1/s1. The van der Waals surface area contributed by atoms with Crippen LogP contribution >= 0.6 is 45.2 Å². The number of hydrogen-bond acceptors (Lipinski definition) is 2. The molecule has 0 bridgehead atoms. The molecule has 0 N–H and O–H groups in total. The van der Waals surface area contributed by atoms with Gasteiger partial charge in [0.15, 0.2) is 5.78 Å². The highest BCUT2D eigenvalue weighted by atomic mass is 127. The Bertz CT molecular complexity index is 197. The molecule has 9 heavy (non-hydrogen) atoms. The predicted octanol–water partition coefficient (Wildman–Crippen LogP) is 1.72. The Labute approximate surface area is 80.1 Å². The van der Waals surface area contributed by atoms with E-state index in [1.54, 1.807) is 12.4 Å². The number of carbonyl (C=O) groups excluding carboxylic acids is 1. The zero-order valence-electron chi connectivity index (χ0n) is 4.34. The van der Waals surface area contributed by atoms with Crippen molar-refractivity contribution in [3.05, 3.63) is 9.78 Å². The molecule has 0 aromatic carbocycles. The first-order valence-corrected chi connectivity index (χ1v) is 4.61. The fraction of sp³-hybridized carbons (Fsp3) is 0.200. The maximum Gasteiger partial charge on any atom is 0.188 e. The number of nitrogens with zero attached hydrogens (tertiary/aromatic N) is 1. The summed E-state index contributed by atoms with van der Waals surface area (Å²) in [5.41, 5.74) is 0. The Hall–Kier alpha value is 0.540. The van der Waals surface area contributed by atoms with E-state index >= 15 is 0 Å². The van der Waals surface area contributed by atoms with Crippen molar-refractivity contribution in [1.82, 2.24) is 0 Å². The van der Waals surface area contributed by atoms with Gasteiger partial charge in [-0.15, -0.1) is 0 Å². The Kier molecular flexibility index (Phi) is 2.62. The van der Waals surface area contributed by atoms with Crippen LogP contribution in [-0.2, 0) is 4.79 Å². The van der Waals surface area contributed by atoms with Crippen LogP contribution in [0.4, 0.5) is 0 Å². The largest absolute Gasteiger partial charge is 0.292 e. The summed E-state index contributed by atoms with van der Waals surface area (Å²) < 4.78 is 0.661. The molecule has 0 spiro atoms. The average molecular weight is 347 g/mol. The van der Waals surface area contributed by atoms with Gasteiger partial charge in [-0.05, 0) is 22.6 Å². The quantitative estimate of drug-likeness (QED) is 0.485. The van der Waals surface area contributed by atoms with E-state index in [0.29, 0.717) is 0 Å². The van der Waals surface area contributed by atoms with Gasteiger partial charge < -0.3 is 0 Å². The van der Waals surface area contributed by atoms with E-state index in [4.69, 9.17) is 0 Å². The highest BCUT2D eigenvalue weighted by Crippen LogP contribution is 2.17. The topological polar surface area (TPSA) is 29.4 Å². The molecule has 1 atom stereocenters. The Morgan fingerprint density at radius 3 is 2.78 bits per heavy atom. The van der Waals surface area contributed by atoms with Crippen LogP contribution in [0.5, 0.6) is 0 Å². The smallest absolute Gasteiger partial charge is 0.188 e. The zero-order valence-corrected chi connectivity index (χ0v) is 8.66. The molecule has 0 amide bonds. The van der Waals surface area contributed by atoms with E-state index in [2.05, 4.69) is 27.6 Å². The third kappa shape index (κ3) is 1.73. The summed E-state index contributed by atoms with van der Waals surface area (Å²) in [5.74, 6) is 0.159. The van der Waals surface area contributed by atoms with Crippen molar-refractivity contribution in [1.29, 1.82) is 0 Å². The first-order chi connectivity index (χ1) is 4.22. The molecular weight excluding hydrogens is 344 g/mol. The van der Waals surface area contributed by atoms with Crippen LogP contribution in [-0.4, -0.2) is 15.9 Å². The lowest BCUT2D eigenvalue weighted by atomic mass is 10.3. The lowest BCUT2D eigenvalue weighted by Gasteiger charge is -2.04. The second-order valence-electron chi connectivity index (χ2n) is 1.54. The molecule has 0 aromatic rings. The number of hydrogen-bond donors (Lipinski definition) is 0. The van der Waals surface area contributed by atoms with Gasteiger partial charge in [0.25, 0.3) is 0 Å². The van der Waals surface area contributed by atoms with Crippen LogP contribution in [0.25, 0.3) is 0 Å². The van der Waals surface area contributed by atoms with Gasteiger partial charge in [0, 0.05) is 12.4 Å². The van der Waals surface area contributed by atoms with Gasteiger partial charge in [0.1, 0.15) is 3.92 Å². The number of aliphatic imine (C=N–C) groups is 1. The Morgan fingerprint density at radius 1 is 1.67 bits per heavy atom. The Morgan fingerprint density at radius 2 is 2.33 bits per heavy atom. The van der Waals surface area contributed by atoms with Gasteiger partial charge in [-0.2, -0.15) is 0 Å². The van der Waals surface area contributed by atoms with Crippen LogP contribution in [0.15, 0.2) is 14.8 Å². The van der Waals surface area contributed by atoms with E-state index in [1.807, 2.05) is 22.6 Å². The molecule has 48 valence electrons. The number of ketones is 1. The molecule has 0 aromatic heterocycles. The summed E-state index contributed by atoms with van der Waals surface area (Å²) in [4.78, 5) is 14.8. The van der Waals surface area contributed by atoms with Crippen LogP contribution in [0.2, 0.25) is 0 Å². The minimum Gasteiger partial charge on any atom is -0.292 e. The molecule has 2 nitrogen and oxygen atoms in total. The second-order valence-corrected chi connectivity index (χ2v) is 4.05. The molecular formula is C5H3I2NO. The fourth-order valence-electron chi connectivity index (χ4n) is 0.447. The second kappa shape index (κ2) is 3.09. The number of allylic oxidation sites excluding steroid dienone is 1. The molecule has 0 saturated carbocycles. The van der Waals surface area contributed by atoms with Crippen molar-refractivity contribution in [2.75, 3.05) is 0 Å². The summed E-state index contributed by atoms with van der Waals surface area (Å²) >= 11 is 4.04. The fourth-order valence-corrected chi connectivity index (χ4v) is 2.06. The van der Waals surface area contributed by atoms with Crippen LogP contribution in [0.1, 0.15) is 0 Å². The van der Waals surface area contributed by atoms with Gasteiger partial charge in [0.05, 0.1) is 3.58 Å². The zero-order chi connectivity index (χ0) is 6.85. The van der Waals surface area contributed by atoms with Crippen LogP contribution < -0.4 is 0 Å². The lowest BCUT2D eigenvalue weighted by molar-refractivity contribution is -0.113. The third-order valence-corrected chi connectivity index (χ3v) is 2.59. The van der Waals surface area contributed by atoms with E-state index in [0.717, 1.165) is 3.58 Å². The van der Waals surface area contributed by atoms with Gasteiger partial charge >= 0.3 is 0 Å². The van der Waals surface area contributed by atoms with E-state index in [9.17, 15) is 4.79 Å². The van der Waals surface area contributed by atoms with Gasteiger partial charge in [-0.25, -0.2) is 0 Å². The van der Waals surface area contributed by atoms with Gasteiger partial charge in [-0.3, -0.25) is 9.79 Å². The number of alkyl halides is 1. The van der Waals surface area contributed by atoms with Crippen LogP contribution in [0, 0.1) is 0 Å². The number of Topliss-reactive ketones (excluding diaryl/α,β-unsaturated/α-hetero) is 1. The summed E-state index contributed by atoms with van der Waals surface area (Å²) in [6, 6.07) is 0. The molecule has 1 aliphatic heterocycles. The molecule has 0 radical (unpaired) electrons. The van der Waals surface area contributed by atoms with Crippen molar-refractivity contribution in [3.8, 4) is 0 Å². The number of rotatable bonds is 0. The third-order valence-electron chi connectivity index (χ3n) is 0.891. The maximum absolute atomic E-state index is 11.0. The minimum atomic E-state index is -0.0560. The van der Waals surface area contributed by atoms with Crippen molar-refractivity contribution in [3.63, 3.8) is 0 Å². The van der Waals surface area contributed by atoms with Crippen molar-refractivity contribution in [2.45, 2.75) is 3.92 Å². The molecule has 1 aliphatic rings. The summed E-state index contributed by atoms with van der Waals surface area (Å²) in [6.45, 7) is 0. The maximum atomic E-state index is 11.0. The average Bonchev–Trinajstić information content (AvgIpc) is 1.83. The monoisotopic (exact) mass is 347 g/mol. The molecule has 0 fully saturated rings. The predicted molar refractivity (Wildman–Crippen MR) is 53.4 cm³/mol. The SMILES string of the molecule is O=C1C(I)=CN=C[C@H]1I. The van der Waals surface area contributed by atoms with Gasteiger partial charge in [-0.1, -0.05) is 22.6 Å². The van der Waals surface area contributed by atoms with Gasteiger partial charge in [0.2, 0.25) is 0 Å². The normalized spacial score (nSPS) is 26.2. The summed E-state index contributed by atoms with van der Waals surface area (Å²) in [7, 11) is 0. The molecule has 0 aliphatic carbocycles. The minimum absolute atomic E-state index is 0.0560. The Balaban J connectivity index is 2.86. The van der Waals surface area contributed by atoms with Crippen molar-refractivity contribution >= 4 is 57.2 Å². The summed E-state index contributed by atoms with van der Waals surface area (Å²) in [5, 5.41) is 0. The van der Waals surface area contributed by atoms with E-state index in [-0.39, 0.29) is 9.71 Å². The molecule has 4 heteroatoms. The lowest BCUT2D eigenvalue weighted by Crippen LogP contribution is -2.17. The van der Waals surface area contributed by atoms with Crippen molar-refractivity contribution in [2.24, 2.45) is 4.99 Å². The first-order valence-electron chi connectivity index (χ1n) is 2.29. The highest BCUT2D eigenvalue weighted by molar-refractivity contribution is 14.1. The van der Waals surface area contributed by atoms with E-state index < -0.39 is 0 Å². The highest BCUT2D eigenvalue weighted by Gasteiger charge is 2.17. The van der Waals surface area contributed by atoms with Crippen molar-refractivity contribution < 1.29 is 4.79 Å². The molecule has 1 heterocycles. The molecule has 0 saturated heterocycles. The first kappa shape index (κ1) is 7.64. The number of carbonyl (C=O) groups is 1.